The number of nitrogens with two attached hydrogens (primary N) is 2. The molecule has 0 aliphatic heterocycles. The molecule has 3 aromatic rings. The van der Waals surface area contributed by atoms with Crippen molar-refractivity contribution in [3.05, 3.63) is 77.1 Å². The van der Waals surface area contributed by atoms with Crippen molar-refractivity contribution in [1.82, 2.24) is 9.97 Å². The maximum atomic E-state index is 12.7. The van der Waals surface area contributed by atoms with Crippen LogP contribution in [0.15, 0.2) is 54.7 Å². The van der Waals surface area contributed by atoms with E-state index in [4.69, 9.17) is 10.9 Å². The van der Waals surface area contributed by atoms with E-state index in [1.54, 1.807) is 30.5 Å². The van der Waals surface area contributed by atoms with E-state index >= 15 is 0 Å². The Kier molecular flexibility index (Phi) is 5.53. The van der Waals surface area contributed by atoms with E-state index in [0.29, 0.717) is 16.8 Å². The van der Waals surface area contributed by atoms with Crippen LogP contribution >= 0.6 is 0 Å². The Morgan fingerprint density at radius 2 is 1.61 bits per heavy atom. The van der Waals surface area contributed by atoms with Crippen LogP contribution in [0.25, 0.3) is 11.3 Å². The Morgan fingerprint density at radius 3 is 2.21 bits per heavy atom. The van der Waals surface area contributed by atoms with Gasteiger partial charge in [-0.2, -0.15) is 0 Å². The van der Waals surface area contributed by atoms with Gasteiger partial charge in [0.25, 0.3) is 0 Å². The molecule has 0 aliphatic rings. The fraction of sp³-hybridized carbons (Fsp3) is 0.150. The van der Waals surface area contributed by atoms with E-state index in [1.165, 1.54) is 0 Å². The molecular formula is C20H20N4O3S. The van der Waals surface area contributed by atoms with Crippen molar-refractivity contribution in [2.45, 2.75) is 19.1 Å². The molecular weight excluding hydrogens is 376 g/mol. The van der Waals surface area contributed by atoms with E-state index in [1.807, 2.05) is 31.2 Å². The van der Waals surface area contributed by atoms with Crippen molar-refractivity contribution < 1.29 is 13.2 Å². The lowest BCUT2D eigenvalue weighted by atomic mass is 10.0. The zero-order chi connectivity index (χ0) is 20.3. The standard InChI is InChI=1S/C20H20N4O3S/c1-13-2-8-16(9-3-13)17-11-23-20(21)19(24-17)18(25)10-14-4-6-15(7-5-14)12-28(22,26)27/h2-9,11H,10,12H2,1H3,(H2,21,23)(H2,22,26,27). The van der Waals surface area contributed by atoms with Gasteiger partial charge in [0.1, 0.15) is 5.69 Å². The van der Waals surface area contributed by atoms with Gasteiger partial charge in [-0.05, 0) is 18.1 Å². The van der Waals surface area contributed by atoms with Gasteiger partial charge in [0, 0.05) is 12.0 Å². The molecule has 0 saturated carbocycles. The van der Waals surface area contributed by atoms with Crippen LogP contribution in [0.3, 0.4) is 0 Å². The summed E-state index contributed by atoms with van der Waals surface area (Å²) in [4.78, 5) is 21.2. The van der Waals surface area contributed by atoms with Crippen molar-refractivity contribution in [1.29, 1.82) is 0 Å². The Labute approximate surface area is 163 Å². The largest absolute Gasteiger partial charge is 0.382 e. The first-order chi connectivity index (χ1) is 13.2. The number of sulfonamides is 1. The average molecular weight is 396 g/mol. The lowest BCUT2D eigenvalue weighted by Crippen LogP contribution is -2.14. The van der Waals surface area contributed by atoms with Crippen LogP contribution in [-0.4, -0.2) is 24.2 Å². The first kappa shape index (κ1) is 19.7. The molecule has 144 valence electrons. The summed E-state index contributed by atoms with van der Waals surface area (Å²) >= 11 is 0. The second-order valence-electron chi connectivity index (χ2n) is 6.58. The summed E-state index contributed by atoms with van der Waals surface area (Å²) in [5, 5.41) is 5.04. The second kappa shape index (κ2) is 7.87. The normalized spacial score (nSPS) is 11.4. The highest BCUT2D eigenvalue weighted by Gasteiger charge is 2.16. The monoisotopic (exact) mass is 396 g/mol. The van der Waals surface area contributed by atoms with E-state index in [0.717, 1.165) is 11.1 Å². The summed E-state index contributed by atoms with van der Waals surface area (Å²) in [6.07, 6.45) is 1.62. The van der Waals surface area contributed by atoms with Gasteiger partial charge in [-0.3, -0.25) is 4.79 Å². The number of anilines is 1. The van der Waals surface area contributed by atoms with Crippen LogP contribution in [0.2, 0.25) is 0 Å². The third kappa shape index (κ3) is 4.99. The molecule has 1 aromatic heterocycles. The Bertz CT molecular complexity index is 1110. The highest BCUT2D eigenvalue weighted by atomic mass is 32.2. The minimum atomic E-state index is -3.60. The fourth-order valence-corrected chi connectivity index (χ4v) is 3.38. The average Bonchev–Trinajstić information content (AvgIpc) is 2.63. The SMILES string of the molecule is Cc1ccc(-c2cnc(N)c(C(=O)Cc3ccc(CS(N)(=O)=O)cc3)n2)cc1. The minimum absolute atomic E-state index is 0.0753. The molecule has 28 heavy (non-hydrogen) atoms. The molecule has 0 bridgehead atoms. The molecule has 8 heteroatoms. The molecule has 0 unspecified atom stereocenters. The maximum absolute atomic E-state index is 12.7. The molecule has 1 heterocycles. The summed E-state index contributed by atoms with van der Waals surface area (Å²) in [7, 11) is -3.60. The van der Waals surface area contributed by atoms with Crippen molar-refractivity contribution in [2.75, 3.05) is 5.73 Å². The van der Waals surface area contributed by atoms with Gasteiger partial charge >= 0.3 is 0 Å². The quantitative estimate of drug-likeness (QED) is 0.615. The van der Waals surface area contributed by atoms with Gasteiger partial charge in [0.05, 0.1) is 17.6 Å². The molecule has 0 fully saturated rings. The second-order valence-corrected chi connectivity index (χ2v) is 8.19. The van der Waals surface area contributed by atoms with Crippen molar-refractivity contribution in [3.63, 3.8) is 0 Å². The van der Waals surface area contributed by atoms with E-state index < -0.39 is 10.0 Å². The number of nitrogen functional groups attached to an aromatic ring is 1. The molecule has 2 aromatic carbocycles. The Hall–Kier alpha value is -3.10. The Morgan fingerprint density at radius 1 is 1.00 bits per heavy atom. The van der Waals surface area contributed by atoms with Crippen LogP contribution in [-0.2, 0) is 22.2 Å². The van der Waals surface area contributed by atoms with E-state index in [9.17, 15) is 13.2 Å². The van der Waals surface area contributed by atoms with Crippen molar-refractivity contribution >= 4 is 21.6 Å². The predicted octanol–water partition coefficient (Wildman–Crippen LogP) is 2.25. The van der Waals surface area contributed by atoms with Gasteiger partial charge in [-0.1, -0.05) is 54.1 Å². The molecule has 4 N–H and O–H groups in total. The number of aromatic nitrogens is 2. The van der Waals surface area contributed by atoms with Crippen LogP contribution in [0.5, 0.6) is 0 Å². The van der Waals surface area contributed by atoms with Crippen LogP contribution in [0.4, 0.5) is 5.82 Å². The lowest BCUT2D eigenvalue weighted by molar-refractivity contribution is 0.0989. The van der Waals surface area contributed by atoms with Crippen LogP contribution < -0.4 is 10.9 Å². The molecule has 0 radical (unpaired) electrons. The number of ketones is 1. The number of aryl methyl sites for hydroxylation is 1. The molecule has 0 amide bonds. The van der Waals surface area contributed by atoms with Crippen molar-refractivity contribution in [3.8, 4) is 11.3 Å². The number of rotatable bonds is 6. The highest BCUT2D eigenvalue weighted by molar-refractivity contribution is 7.88. The number of carbonyl (C=O) groups excluding carboxylic acids is 1. The number of carbonyl (C=O) groups is 1. The number of nitrogens with zero attached hydrogens (tertiary/aromatic N) is 2. The highest BCUT2D eigenvalue weighted by Crippen LogP contribution is 2.20. The smallest absolute Gasteiger partial charge is 0.213 e. The number of primary sulfonamides is 1. The summed E-state index contributed by atoms with van der Waals surface area (Å²) in [5.41, 5.74) is 9.79. The van der Waals surface area contributed by atoms with Gasteiger partial charge in [-0.25, -0.2) is 23.5 Å². The van der Waals surface area contributed by atoms with Crippen LogP contribution in [0, 0.1) is 6.92 Å². The number of Topliss-reactive ketones (excluding diaryl/α,β-unsaturated/α-hetero) is 1. The summed E-state index contributed by atoms with van der Waals surface area (Å²) in [5.74, 6) is -0.442. The minimum Gasteiger partial charge on any atom is -0.382 e. The maximum Gasteiger partial charge on any atom is 0.213 e. The third-order valence-corrected chi connectivity index (χ3v) is 4.90. The van der Waals surface area contributed by atoms with E-state index in [-0.39, 0.29) is 29.5 Å². The van der Waals surface area contributed by atoms with Gasteiger partial charge in [0.15, 0.2) is 11.6 Å². The molecule has 0 aliphatic carbocycles. The lowest BCUT2D eigenvalue weighted by Gasteiger charge is -2.08. The first-order valence-electron chi connectivity index (χ1n) is 8.52. The molecule has 0 spiro atoms. The zero-order valence-electron chi connectivity index (χ0n) is 15.3. The predicted molar refractivity (Wildman–Crippen MR) is 108 cm³/mol. The number of hydrogen-bond acceptors (Lipinski definition) is 6. The number of benzene rings is 2. The molecule has 7 nitrogen and oxygen atoms in total. The van der Waals surface area contributed by atoms with Gasteiger partial charge in [0.2, 0.25) is 10.0 Å². The Balaban J connectivity index is 1.80. The first-order valence-corrected chi connectivity index (χ1v) is 10.2. The van der Waals surface area contributed by atoms with E-state index in [2.05, 4.69) is 9.97 Å². The summed E-state index contributed by atoms with van der Waals surface area (Å²) < 4.78 is 22.3. The van der Waals surface area contributed by atoms with Crippen LogP contribution in [0.1, 0.15) is 27.2 Å². The molecule has 0 saturated heterocycles. The zero-order valence-corrected chi connectivity index (χ0v) is 16.1. The van der Waals surface area contributed by atoms with Crippen molar-refractivity contribution in [2.24, 2.45) is 5.14 Å². The fourth-order valence-electron chi connectivity index (χ4n) is 2.72. The summed E-state index contributed by atoms with van der Waals surface area (Å²) in [6.45, 7) is 1.99. The molecule has 3 rings (SSSR count). The third-order valence-electron chi connectivity index (χ3n) is 4.17. The van der Waals surface area contributed by atoms with Gasteiger partial charge in [-0.15, -0.1) is 0 Å². The topological polar surface area (TPSA) is 129 Å². The number of hydrogen-bond donors (Lipinski definition) is 2. The summed E-state index contributed by atoms with van der Waals surface area (Å²) in [6, 6.07) is 14.4. The molecule has 0 atom stereocenters. The van der Waals surface area contributed by atoms with Gasteiger partial charge < -0.3 is 5.73 Å².